The monoisotopic (exact) mass is 235 g/mol. The molecule has 1 aliphatic rings. The number of rotatable bonds is 4. The van der Waals surface area contributed by atoms with Crippen molar-refractivity contribution in [2.75, 3.05) is 11.5 Å². The molecule has 0 radical (unpaired) electrons. The number of benzene rings is 1. The van der Waals surface area contributed by atoms with Gasteiger partial charge in [0.1, 0.15) is 0 Å². The van der Waals surface area contributed by atoms with Crippen LogP contribution >= 0.6 is 8.58 Å². The highest BCUT2D eigenvalue weighted by Gasteiger charge is 2.30. The molecule has 0 amide bonds. The summed E-state index contributed by atoms with van der Waals surface area (Å²) >= 11 is 0. The zero-order valence-electron chi connectivity index (χ0n) is 10.1. The maximum Gasteiger partial charge on any atom is 0.0540 e. The van der Waals surface area contributed by atoms with Crippen molar-refractivity contribution in [1.82, 2.24) is 0 Å². The summed E-state index contributed by atoms with van der Waals surface area (Å²) < 4.78 is 0. The van der Waals surface area contributed by atoms with Gasteiger partial charge in [0.05, 0.1) is 5.28 Å². The van der Waals surface area contributed by atoms with Crippen molar-refractivity contribution in [3.63, 3.8) is 0 Å². The Balaban J connectivity index is 2.07. The molecule has 1 fully saturated rings. The van der Waals surface area contributed by atoms with Crippen LogP contribution in [-0.2, 0) is 0 Å². The van der Waals surface area contributed by atoms with Crippen LogP contribution in [0.3, 0.4) is 0 Å². The predicted molar refractivity (Wildman–Crippen MR) is 74.7 cm³/mol. The number of nitrogens with one attached hydrogen (secondary N) is 1. The molecule has 88 valence electrons. The Kier molecular flexibility index (Phi) is 4.23. The smallest absolute Gasteiger partial charge is 0.0540 e. The van der Waals surface area contributed by atoms with E-state index < -0.39 is 0 Å². The van der Waals surface area contributed by atoms with Gasteiger partial charge >= 0.3 is 0 Å². The van der Waals surface area contributed by atoms with Gasteiger partial charge in [-0.2, -0.15) is 0 Å². The lowest BCUT2D eigenvalue weighted by Crippen LogP contribution is -2.35. The van der Waals surface area contributed by atoms with Crippen molar-refractivity contribution in [3.05, 3.63) is 30.3 Å². The van der Waals surface area contributed by atoms with Crippen molar-refractivity contribution in [3.8, 4) is 0 Å². The van der Waals surface area contributed by atoms with E-state index in [1.165, 1.54) is 44.0 Å². The van der Waals surface area contributed by atoms with Crippen LogP contribution in [0, 0.1) is 0 Å². The fourth-order valence-electron chi connectivity index (χ4n) is 2.64. The van der Waals surface area contributed by atoms with Gasteiger partial charge in [-0.3, -0.25) is 0 Å². The van der Waals surface area contributed by atoms with Gasteiger partial charge in [-0.05, 0) is 31.1 Å². The van der Waals surface area contributed by atoms with Gasteiger partial charge in [0, 0.05) is 5.69 Å². The van der Waals surface area contributed by atoms with Crippen molar-refractivity contribution in [2.45, 2.75) is 44.3 Å². The fourth-order valence-corrected chi connectivity index (χ4v) is 4.25. The summed E-state index contributed by atoms with van der Waals surface area (Å²) in [6.45, 7) is 2.31. The zero-order chi connectivity index (χ0) is 11.3. The van der Waals surface area contributed by atoms with Crippen LogP contribution in [0.2, 0.25) is 0 Å². The molecule has 0 saturated heterocycles. The second kappa shape index (κ2) is 5.68. The van der Waals surface area contributed by atoms with E-state index in [0.29, 0.717) is 5.28 Å². The Morgan fingerprint density at radius 2 is 1.81 bits per heavy atom. The summed E-state index contributed by atoms with van der Waals surface area (Å²) in [6.07, 6.45) is 8.23. The molecule has 1 atom stereocenters. The van der Waals surface area contributed by atoms with Gasteiger partial charge in [-0.1, -0.05) is 53.0 Å². The minimum atomic E-state index is 0.411. The molecule has 1 aliphatic carbocycles. The van der Waals surface area contributed by atoms with Gasteiger partial charge < -0.3 is 5.32 Å². The number of hydrogen-bond acceptors (Lipinski definition) is 1. The lowest BCUT2D eigenvalue weighted by molar-refractivity contribution is 0.427. The Morgan fingerprint density at radius 3 is 2.44 bits per heavy atom. The molecule has 1 unspecified atom stereocenters. The molecule has 16 heavy (non-hydrogen) atoms. The molecular weight excluding hydrogens is 213 g/mol. The van der Waals surface area contributed by atoms with Crippen LogP contribution in [0.5, 0.6) is 0 Å². The van der Waals surface area contributed by atoms with E-state index in [0.717, 1.165) is 8.58 Å². The largest absolute Gasteiger partial charge is 0.376 e. The molecule has 0 aromatic heterocycles. The molecule has 2 rings (SSSR count). The predicted octanol–water partition coefficient (Wildman–Crippen LogP) is 4.46. The Hall–Kier alpha value is -0.550. The van der Waals surface area contributed by atoms with Crippen molar-refractivity contribution >= 4 is 14.3 Å². The normalized spacial score (nSPS) is 20.1. The Labute approximate surface area is 101 Å². The molecule has 0 spiro atoms. The summed E-state index contributed by atoms with van der Waals surface area (Å²) in [5, 5.41) is 4.22. The molecule has 0 aliphatic heterocycles. The summed E-state index contributed by atoms with van der Waals surface area (Å²) in [5.41, 5.74) is 1.30. The SMILES string of the molecule is CCPC1(Nc2ccccc2)CCCCC1. The summed E-state index contributed by atoms with van der Waals surface area (Å²) in [5.74, 6) is 0. The van der Waals surface area contributed by atoms with Crippen molar-refractivity contribution in [2.24, 2.45) is 0 Å². The molecule has 0 heterocycles. The third kappa shape index (κ3) is 2.98. The van der Waals surface area contributed by atoms with E-state index in [1.807, 2.05) is 0 Å². The van der Waals surface area contributed by atoms with E-state index in [-0.39, 0.29) is 0 Å². The Morgan fingerprint density at radius 1 is 1.12 bits per heavy atom. The van der Waals surface area contributed by atoms with Gasteiger partial charge in [-0.25, -0.2) is 0 Å². The van der Waals surface area contributed by atoms with Crippen LogP contribution in [0.25, 0.3) is 0 Å². The Bertz CT molecular complexity index is 298. The first-order valence-electron chi connectivity index (χ1n) is 6.43. The molecule has 0 bridgehead atoms. The van der Waals surface area contributed by atoms with Gasteiger partial charge in [0.25, 0.3) is 0 Å². The lowest BCUT2D eigenvalue weighted by Gasteiger charge is -2.39. The van der Waals surface area contributed by atoms with Crippen LogP contribution < -0.4 is 5.32 Å². The second-order valence-electron chi connectivity index (χ2n) is 4.66. The topological polar surface area (TPSA) is 12.0 Å². The van der Waals surface area contributed by atoms with E-state index in [1.54, 1.807) is 0 Å². The van der Waals surface area contributed by atoms with Crippen LogP contribution in [0.1, 0.15) is 39.0 Å². The number of anilines is 1. The average molecular weight is 235 g/mol. The summed E-state index contributed by atoms with van der Waals surface area (Å²) in [6, 6.07) is 10.7. The van der Waals surface area contributed by atoms with Crippen LogP contribution in [-0.4, -0.2) is 11.4 Å². The number of hydrogen-bond donors (Lipinski definition) is 1. The van der Waals surface area contributed by atoms with E-state index in [9.17, 15) is 0 Å². The number of para-hydroxylation sites is 1. The maximum absolute atomic E-state index is 3.81. The summed E-state index contributed by atoms with van der Waals surface area (Å²) in [4.78, 5) is 0. The average Bonchev–Trinajstić information content (AvgIpc) is 2.31. The lowest BCUT2D eigenvalue weighted by atomic mass is 9.94. The van der Waals surface area contributed by atoms with E-state index in [2.05, 4.69) is 42.6 Å². The fraction of sp³-hybridized carbons (Fsp3) is 0.571. The molecule has 1 saturated carbocycles. The highest BCUT2D eigenvalue weighted by molar-refractivity contribution is 7.40. The molecule has 1 nitrogen and oxygen atoms in total. The molecule has 1 N–H and O–H groups in total. The first-order chi connectivity index (χ1) is 7.85. The first-order valence-corrected chi connectivity index (χ1v) is 7.64. The van der Waals surface area contributed by atoms with E-state index in [4.69, 9.17) is 0 Å². The molecule has 2 heteroatoms. The second-order valence-corrected chi connectivity index (χ2v) is 6.68. The van der Waals surface area contributed by atoms with E-state index >= 15 is 0 Å². The highest BCUT2D eigenvalue weighted by atomic mass is 31.1. The van der Waals surface area contributed by atoms with Crippen LogP contribution in [0.15, 0.2) is 30.3 Å². The van der Waals surface area contributed by atoms with Gasteiger partial charge in [0.2, 0.25) is 0 Å². The maximum atomic E-state index is 3.81. The first kappa shape index (κ1) is 11.9. The molecular formula is C14H22NP. The van der Waals surface area contributed by atoms with Crippen LogP contribution in [0.4, 0.5) is 5.69 Å². The highest BCUT2D eigenvalue weighted by Crippen LogP contribution is 2.44. The zero-order valence-corrected chi connectivity index (χ0v) is 11.1. The quantitative estimate of drug-likeness (QED) is 0.760. The minimum absolute atomic E-state index is 0.411. The third-order valence-electron chi connectivity index (χ3n) is 3.38. The molecule has 1 aromatic rings. The van der Waals surface area contributed by atoms with Gasteiger partial charge in [-0.15, -0.1) is 0 Å². The molecule has 1 aromatic carbocycles. The minimum Gasteiger partial charge on any atom is -0.376 e. The van der Waals surface area contributed by atoms with Crippen molar-refractivity contribution in [1.29, 1.82) is 0 Å². The standard InChI is InChI=1S/C14H22NP/c1-2-16-14(11-7-4-8-12-14)15-13-9-5-3-6-10-13/h3,5-6,9-10,15-16H,2,4,7-8,11-12H2,1H3. The van der Waals surface area contributed by atoms with Gasteiger partial charge in [0.15, 0.2) is 0 Å². The third-order valence-corrected chi connectivity index (χ3v) is 5.04. The summed E-state index contributed by atoms with van der Waals surface area (Å²) in [7, 11) is 1.05. The van der Waals surface area contributed by atoms with Crippen molar-refractivity contribution < 1.29 is 0 Å².